The van der Waals surface area contributed by atoms with Gasteiger partial charge in [0.2, 0.25) is 0 Å². The Morgan fingerprint density at radius 2 is 1.83 bits per heavy atom. The van der Waals surface area contributed by atoms with E-state index in [0.29, 0.717) is 6.54 Å². The molecule has 0 aromatic carbocycles. The minimum Gasteiger partial charge on any atom is -0.387 e. The quantitative estimate of drug-likeness (QED) is 0.875. The number of hydrogen-bond acceptors (Lipinski definition) is 3. The average molecular weight is 267 g/mol. The first kappa shape index (κ1) is 14.0. The first-order valence-corrected chi connectivity index (χ1v) is 7.94. The standard InChI is InChI=1S/C15H25NOS/c1-12-7-8-13(18-12)14(17)15(11-16)9-5-3-2-4-6-10-15/h7-8,14,17H,2-6,9-11,16H2,1H3. The Bertz CT molecular complexity index is 366. The number of hydrogen-bond donors (Lipinski definition) is 2. The molecule has 18 heavy (non-hydrogen) atoms. The Balaban J connectivity index is 2.18. The third-order valence-corrected chi connectivity index (χ3v) is 5.42. The van der Waals surface area contributed by atoms with Gasteiger partial charge in [-0.15, -0.1) is 11.3 Å². The molecule has 1 atom stereocenters. The number of aryl methyl sites for hydroxylation is 1. The maximum atomic E-state index is 10.8. The van der Waals surface area contributed by atoms with Crippen molar-refractivity contribution in [2.24, 2.45) is 11.1 Å². The van der Waals surface area contributed by atoms with Crippen molar-refractivity contribution in [1.82, 2.24) is 0 Å². The predicted molar refractivity (Wildman–Crippen MR) is 77.8 cm³/mol. The lowest BCUT2D eigenvalue weighted by Gasteiger charge is -2.38. The molecule has 1 aliphatic carbocycles. The molecule has 1 fully saturated rings. The van der Waals surface area contributed by atoms with E-state index in [4.69, 9.17) is 5.73 Å². The molecule has 2 nitrogen and oxygen atoms in total. The highest BCUT2D eigenvalue weighted by Gasteiger charge is 2.37. The van der Waals surface area contributed by atoms with E-state index in [1.54, 1.807) is 11.3 Å². The largest absolute Gasteiger partial charge is 0.387 e. The van der Waals surface area contributed by atoms with Gasteiger partial charge in [-0.3, -0.25) is 0 Å². The smallest absolute Gasteiger partial charge is 0.0950 e. The van der Waals surface area contributed by atoms with Crippen LogP contribution in [0.4, 0.5) is 0 Å². The van der Waals surface area contributed by atoms with Gasteiger partial charge in [-0.1, -0.05) is 32.1 Å². The zero-order valence-electron chi connectivity index (χ0n) is 11.3. The molecule has 1 unspecified atom stereocenters. The topological polar surface area (TPSA) is 46.2 Å². The van der Waals surface area contributed by atoms with Crippen molar-refractivity contribution >= 4 is 11.3 Å². The number of rotatable bonds is 3. The summed E-state index contributed by atoms with van der Waals surface area (Å²) in [5, 5.41) is 10.8. The van der Waals surface area contributed by atoms with Gasteiger partial charge in [0.1, 0.15) is 0 Å². The van der Waals surface area contributed by atoms with Gasteiger partial charge in [0.15, 0.2) is 0 Å². The van der Waals surface area contributed by atoms with Crippen molar-refractivity contribution in [3.05, 3.63) is 21.9 Å². The Morgan fingerprint density at radius 1 is 1.22 bits per heavy atom. The lowest BCUT2D eigenvalue weighted by atomic mass is 9.71. The summed E-state index contributed by atoms with van der Waals surface area (Å²) in [6.45, 7) is 2.69. The molecule has 102 valence electrons. The van der Waals surface area contributed by atoms with E-state index in [2.05, 4.69) is 19.1 Å². The molecule has 3 heteroatoms. The van der Waals surface area contributed by atoms with Gasteiger partial charge in [-0.2, -0.15) is 0 Å². The van der Waals surface area contributed by atoms with Crippen LogP contribution in [0.1, 0.15) is 60.8 Å². The minimum atomic E-state index is -0.376. The highest BCUT2D eigenvalue weighted by Crippen LogP contribution is 2.45. The highest BCUT2D eigenvalue weighted by molar-refractivity contribution is 7.12. The second-order valence-electron chi connectivity index (χ2n) is 5.69. The van der Waals surface area contributed by atoms with Gasteiger partial charge in [-0.05, 0) is 31.9 Å². The zero-order valence-corrected chi connectivity index (χ0v) is 12.1. The summed E-state index contributed by atoms with van der Waals surface area (Å²) < 4.78 is 0. The maximum Gasteiger partial charge on any atom is 0.0950 e. The van der Waals surface area contributed by atoms with Crippen molar-refractivity contribution in [1.29, 1.82) is 0 Å². The fourth-order valence-corrected chi connectivity index (χ4v) is 4.11. The molecule has 0 spiro atoms. The van der Waals surface area contributed by atoms with Gasteiger partial charge in [0.25, 0.3) is 0 Å². The van der Waals surface area contributed by atoms with Crippen LogP contribution in [0.2, 0.25) is 0 Å². The van der Waals surface area contributed by atoms with Crippen molar-refractivity contribution in [2.75, 3.05) is 6.54 Å². The summed E-state index contributed by atoms with van der Waals surface area (Å²) >= 11 is 1.71. The van der Waals surface area contributed by atoms with E-state index in [0.717, 1.165) is 17.7 Å². The third kappa shape index (κ3) is 2.95. The molecule has 0 saturated heterocycles. The second-order valence-corrected chi connectivity index (χ2v) is 7.00. The minimum absolute atomic E-state index is 0.0856. The molecular formula is C15H25NOS. The van der Waals surface area contributed by atoms with Crippen LogP contribution in [0.25, 0.3) is 0 Å². The summed E-state index contributed by atoms with van der Waals surface area (Å²) in [6.07, 6.45) is 8.10. The van der Waals surface area contributed by atoms with E-state index in [1.807, 2.05) is 0 Å². The number of thiophene rings is 1. The number of aliphatic hydroxyl groups is 1. The van der Waals surface area contributed by atoms with E-state index in [9.17, 15) is 5.11 Å². The molecular weight excluding hydrogens is 242 g/mol. The molecule has 0 aliphatic heterocycles. The summed E-state index contributed by atoms with van der Waals surface area (Å²) in [5.74, 6) is 0. The van der Waals surface area contributed by atoms with E-state index >= 15 is 0 Å². The summed E-state index contributed by atoms with van der Waals surface area (Å²) in [4.78, 5) is 2.36. The van der Waals surface area contributed by atoms with Crippen LogP contribution in [-0.2, 0) is 0 Å². The summed E-state index contributed by atoms with van der Waals surface area (Å²) in [5.41, 5.74) is 5.96. The molecule has 1 aliphatic rings. The van der Waals surface area contributed by atoms with E-state index in [1.165, 1.54) is 37.0 Å². The van der Waals surface area contributed by atoms with E-state index in [-0.39, 0.29) is 11.5 Å². The maximum absolute atomic E-state index is 10.8. The molecule has 0 amide bonds. The number of nitrogens with two attached hydrogens (primary N) is 1. The van der Waals surface area contributed by atoms with Crippen LogP contribution in [-0.4, -0.2) is 11.7 Å². The Hall–Kier alpha value is -0.380. The molecule has 0 bridgehead atoms. The SMILES string of the molecule is Cc1ccc(C(O)C2(CN)CCCCCCC2)s1. The average Bonchev–Trinajstić information content (AvgIpc) is 2.76. The molecule has 1 aromatic heterocycles. The van der Waals surface area contributed by atoms with Crippen LogP contribution in [0, 0.1) is 12.3 Å². The second kappa shape index (κ2) is 6.18. The lowest BCUT2D eigenvalue weighted by molar-refractivity contribution is 0.0110. The predicted octanol–water partition coefficient (Wildman–Crippen LogP) is 3.78. The molecule has 0 radical (unpaired) electrons. The van der Waals surface area contributed by atoms with E-state index < -0.39 is 0 Å². The first-order valence-electron chi connectivity index (χ1n) is 7.12. The summed E-state index contributed by atoms with van der Waals surface area (Å²) in [7, 11) is 0. The lowest BCUT2D eigenvalue weighted by Crippen LogP contribution is -2.37. The van der Waals surface area contributed by atoms with Crippen LogP contribution < -0.4 is 5.73 Å². The fourth-order valence-electron chi connectivity index (χ4n) is 3.10. The van der Waals surface area contributed by atoms with Crippen LogP contribution in [0.3, 0.4) is 0 Å². The molecule has 2 rings (SSSR count). The molecule has 1 saturated carbocycles. The van der Waals surface area contributed by atoms with Crippen molar-refractivity contribution in [3.8, 4) is 0 Å². The molecule has 3 N–H and O–H groups in total. The normalized spacial score (nSPS) is 22.2. The van der Waals surface area contributed by atoms with Crippen LogP contribution >= 0.6 is 11.3 Å². The monoisotopic (exact) mass is 267 g/mol. The van der Waals surface area contributed by atoms with Crippen LogP contribution in [0.15, 0.2) is 12.1 Å². The van der Waals surface area contributed by atoms with Gasteiger partial charge < -0.3 is 10.8 Å². The van der Waals surface area contributed by atoms with Crippen molar-refractivity contribution < 1.29 is 5.11 Å². The Labute approximate surface area is 114 Å². The van der Waals surface area contributed by atoms with Gasteiger partial charge >= 0.3 is 0 Å². The van der Waals surface area contributed by atoms with Crippen molar-refractivity contribution in [2.45, 2.75) is 58.0 Å². The van der Waals surface area contributed by atoms with Crippen molar-refractivity contribution in [3.63, 3.8) is 0 Å². The third-order valence-electron chi connectivity index (χ3n) is 4.37. The van der Waals surface area contributed by atoms with Crippen LogP contribution in [0.5, 0.6) is 0 Å². The first-order chi connectivity index (χ1) is 8.68. The zero-order chi connectivity index (χ0) is 13.0. The highest BCUT2D eigenvalue weighted by atomic mass is 32.1. The Morgan fingerprint density at radius 3 is 2.33 bits per heavy atom. The Kier molecular flexibility index (Phi) is 4.82. The number of aliphatic hydroxyl groups excluding tert-OH is 1. The van der Waals surface area contributed by atoms with Gasteiger partial charge in [-0.25, -0.2) is 0 Å². The molecule has 1 heterocycles. The fraction of sp³-hybridized carbons (Fsp3) is 0.733. The molecule has 1 aromatic rings. The van der Waals surface area contributed by atoms with Gasteiger partial charge in [0, 0.05) is 21.7 Å². The van der Waals surface area contributed by atoms with Gasteiger partial charge in [0.05, 0.1) is 6.10 Å². The summed E-state index contributed by atoms with van der Waals surface area (Å²) in [6, 6.07) is 4.16.